The molecule has 0 aliphatic carbocycles. The lowest BCUT2D eigenvalue weighted by atomic mass is 9.98. The second-order valence-corrected chi connectivity index (χ2v) is 8.25. The van der Waals surface area contributed by atoms with Gasteiger partial charge in [-0.3, -0.25) is 19.3 Å². The Hall–Kier alpha value is -3.73. The molecule has 31 heavy (non-hydrogen) atoms. The summed E-state index contributed by atoms with van der Waals surface area (Å²) >= 11 is 0. The molecular weight excluding hydrogens is 388 g/mol. The van der Waals surface area contributed by atoms with Crippen molar-refractivity contribution in [2.24, 2.45) is 0 Å². The van der Waals surface area contributed by atoms with Gasteiger partial charge in [0.25, 0.3) is 11.8 Å². The molecule has 0 saturated heterocycles. The van der Waals surface area contributed by atoms with E-state index in [0.717, 1.165) is 0 Å². The maximum atomic E-state index is 13.6. The van der Waals surface area contributed by atoms with Gasteiger partial charge in [-0.05, 0) is 45.0 Å². The summed E-state index contributed by atoms with van der Waals surface area (Å²) in [7, 11) is 0. The van der Waals surface area contributed by atoms with Crippen molar-refractivity contribution < 1.29 is 14.4 Å². The van der Waals surface area contributed by atoms with Gasteiger partial charge in [0.05, 0.1) is 0 Å². The highest BCUT2D eigenvalue weighted by atomic mass is 16.2. The largest absolute Gasteiger partial charge is 0.349 e. The van der Waals surface area contributed by atoms with Gasteiger partial charge in [0.2, 0.25) is 0 Å². The maximum Gasteiger partial charge on any atom is 0.259 e. The van der Waals surface area contributed by atoms with Gasteiger partial charge in [0.1, 0.15) is 0 Å². The van der Waals surface area contributed by atoms with Crippen LogP contribution in [0.3, 0.4) is 0 Å². The summed E-state index contributed by atoms with van der Waals surface area (Å²) in [5.74, 6) is -1.41. The quantitative estimate of drug-likeness (QED) is 0.477. The van der Waals surface area contributed by atoms with E-state index in [2.05, 4.69) is 5.32 Å². The molecule has 0 saturated carbocycles. The van der Waals surface area contributed by atoms with Gasteiger partial charge >= 0.3 is 0 Å². The van der Waals surface area contributed by atoms with Gasteiger partial charge in [-0.15, -0.1) is 0 Å². The Morgan fingerprint density at radius 3 is 1.65 bits per heavy atom. The highest BCUT2D eigenvalue weighted by Crippen LogP contribution is 2.23. The highest BCUT2D eigenvalue weighted by Gasteiger charge is 2.39. The van der Waals surface area contributed by atoms with E-state index >= 15 is 0 Å². The van der Waals surface area contributed by atoms with Crippen molar-refractivity contribution in [3.8, 4) is 0 Å². The molecule has 0 spiro atoms. The summed E-state index contributed by atoms with van der Waals surface area (Å²) in [5, 5.41) is 2.87. The fourth-order valence-corrected chi connectivity index (χ4v) is 3.24. The van der Waals surface area contributed by atoms with E-state index in [1.165, 1.54) is 4.90 Å². The smallest absolute Gasteiger partial charge is 0.259 e. The van der Waals surface area contributed by atoms with Crippen LogP contribution in [0.4, 0.5) is 5.69 Å². The first kappa shape index (κ1) is 22.0. The van der Waals surface area contributed by atoms with Crippen molar-refractivity contribution in [3.63, 3.8) is 0 Å². The fraction of sp³-hybridized carbons (Fsp3) is 0.192. The van der Waals surface area contributed by atoms with Crippen molar-refractivity contribution in [1.29, 1.82) is 0 Å². The minimum atomic E-state index is -1.36. The molecule has 0 aliphatic heterocycles. The minimum Gasteiger partial charge on any atom is -0.349 e. The number of nitrogens with one attached hydrogen (secondary N) is 1. The Balaban J connectivity index is 2.15. The van der Waals surface area contributed by atoms with Crippen molar-refractivity contribution in [2.75, 3.05) is 4.90 Å². The lowest BCUT2D eigenvalue weighted by molar-refractivity contribution is -0.122. The Morgan fingerprint density at radius 2 is 1.16 bits per heavy atom. The van der Waals surface area contributed by atoms with E-state index in [1.54, 1.807) is 78.9 Å². The van der Waals surface area contributed by atoms with Crippen LogP contribution in [0.2, 0.25) is 0 Å². The van der Waals surface area contributed by atoms with Crippen LogP contribution in [-0.4, -0.2) is 29.2 Å². The molecule has 0 heterocycles. The summed E-state index contributed by atoms with van der Waals surface area (Å²) in [5.41, 5.74) is 0.638. The summed E-state index contributed by atoms with van der Waals surface area (Å²) in [6, 6.07) is 24.6. The van der Waals surface area contributed by atoms with E-state index < -0.39 is 29.2 Å². The van der Waals surface area contributed by atoms with Crippen molar-refractivity contribution in [3.05, 3.63) is 102 Å². The monoisotopic (exact) mass is 414 g/mol. The highest BCUT2D eigenvalue weighted by molar-refractivity contribution is 6.22. The standard InChI is InChI=1S/C26H26N2O3/c1-26(2,3)27-24(30)22(23(29)19-13-7-4-8-14-19)28(21-17-11-6-12-18-21)25(31)20-15-9-5-10-16-20/h4-18,22H,1-3H3,(H,27,30). The number of Topliss-reactive ketones (excluding diaryl/α,β-unsaturated/α-hetero) is 1. The molecule has 158 valence electrons. The third kappa shape index (κ3) is 5.45. The Labute approximate surface area is 182 Å². The zero-order valence-corrected chi connectivity index (χ0v) is 17.9. The number of rotatable bonds is 6. The molecule has 5 nitrogen and oxygen atoms in total. The predicted molar refractivity (Wildman–Crippen MR) is 122 cm³/mol. The molecule has 0 bridgehead atoms. The molecule has 0 radical (unpaired) electrons. The summed E-state index contributed by atoms with van der Waals surface area (Å²) < 4.78 is 0. The van der Waals surface area contributed by atoms with Crippen LogP contribution >= 0.6 is 0 Å². The van der Waals surface area contributed by atoms with Crippen molar-refractivity contribution in [2.45, 2.75) is 32.4 Å². The molecule has 3 aromatic carbocycles. The molecule has 3 aromatic rings. The normalized spacial score (nSPS) is 12.0. The minimum absolute atomic E-state index is 0.360. The Morgan fingerprint density at radius 1 is 0.710 bits per heavy atom. The van der Waals surface area contributed by atoms with Crippen LogP contribution in [0.5, 0.6) is 0 Å². The SMILES string of the molecule is CC(C)(C)NC(=O)C(C(=O)c1ccccc1)N(C(=O)c1ccccc1)c1ccccc1. The number of carbonyl (C=O) groups excluding carboxylic acids is 3. The number of amides is 2. The third-order valence-electron chi connectivity index (χ3n) is 4.59. The molecule has 3 rings (SSSR count). The van der Waals surface area contributed by atoms with E-state index in [4.69, 9.17) is 0 Å². The van der Waals surface area contributed by atoms with E-state index in [0.29, 0.717) is 16.8 Å². The van der Waals surface area contributed by atoms with Gasteiger partial charge in [-0.2, -0.15) is 0 Å². The van der Waals surface area contributed by atoms with Gasteiger partial charge in [-0.25, -0.2) is 0 Å². The molecule has 1 N–H and O–H groups in total. The van der Waals surface area contributed by atoms with Crippen LogP contribution in [0.25, 0.3) is 0 Å². The number of benzene rings is 3. The molecule has 1 atom stereocenters. The number of carbonyl (C=O) groups is 3. The summed E-state index contributed by atoms with van der Waals surface area (Å²) in [6.45, 7) is 5.50. The molecular formula is C26H26N2O3. The molecule has 0 aromatic heterocycles. The molecule has 5 heteroatoms. The Bertz CT molecular complexity index is 1040. The first-order chi connectivity index (χ1) is 14.8. The van der Waals surface area contributed by atoms with Gasteiger partial charge in [0.15, 0.2) is 11.8 Å². The van der Waals surface area contributed by atoms with Crippen LogP contribution in [-0.2, 0) is 4.79 Å². The first-order valence-electron chi connectivity index (χ1n) is 10.1. The van der Waals surface area contributed by atoms with Crippen LogP contribution < -0.4 is 10.2 Å². The zero-order valence-electron chi connectivity index (χ0n) is 17.9. The van der Waals surface area contributed by atoms with E-state index in [-0.39, 0.29) is 0 Å². The number of anilines is 1. The predicted octanol–water partition coefficient (Wildman–Crippen LogP) is 4.50. The zero-order chi connectivity index (χ0) is 22.4. The first-order valence-corrected chi connectivity index (χ1v) is 10.1. The summed E-state index contributed by atoms with van der Waals surface area (Å²) in [4.78, 5) is 41.8. The van der Waals surface area contributed by atoms with Crippen LogP contribution in [0, 0.1) is 0 Å². The second kappa shape index (κ2) is 9.39. The van der Waals surface area contributed by atoms with Crippen molar-refractivity contribution >= 4 is 23.3 Å². The lowest BCUT2D eigenvalue weighted by Gasteiger charge is -2.32. The number of hydrogen-bond acceptors (Lipinski definition) is 3. The second-order valence-electron chi connectivity index (χ2n) is 8.25. The Kier molecular flexibility index (Phi) is 6.65. The number of nitrogens with zero attached hydrogens (tertiary/aromatic N) is 1. The topological polar surface area (TPSA) is 66.5 Å². The van der Waals surface area contributed by atoms with Gasteiger partial charge in [0, 0.05) is 22.4 Å². The lowest BCUT2D eigenvalue weighted by Crippen LogP contribution is -2.57. The molecule has 2 amide bonds. The van der Waals surface area contributed by atoms with Gasteiger partial charge < -0.3 is 5.32 Å². The van der Waals surface area contributed by atoms with Crippen molar-refractivity contribution in [1.82, 2.24) is 5.32 Å². The molecule has 0 aliphatic rings. The third-order valence-corrected chi connectivity index (χ3v) is 4.59. The number of ketones is 1. The average Bonchev–Trinajstić information content (AvgIpc) is 2.77. The average molecular weight is 415 g/mol. The fourth-order valence-electron chi connectivity index (χ4n) is 3.24. The van der Waals surface area contributed by atoms with Crippen LogP contribution in [0.1, 0.15) is 41.5 Å². The number of hydrogen-bond donors (Lipinski definition) is 1. The van der Waals surface area contributed by atoms with E-state index in [9.17, 15) is 14.4 Å². The van der Waals surface area contributed by atoms with Crippen LogP contribution in [0.15, 0.2) is 91.0 Å². The van der Waals surface area contributed by atoms with Gasteiger partial charge in [-0.1, -0.05) is 66.7 Å². The molecule has 1 unspecified atom stereocenters. The molecule has 0 fully saturated rings. The summed E-state index contributed by atoms with van der Waals surface area (Å²) in [6.07, 6.45) is 0. The maximum absolute atomic E-state index is 13.6. The number of para-hydroxylation sites is 1. The van der Waals surface area contributed by atoms with E-state index in [1.807, 2.05) is 32.9 Å².